The molecule has 0 spiro atoms. The summed E-state index contributed by atoms with van der Waals surface area (Å²) in [6.07, 6.45) is 3.18. The smallest absolute Gasteiger partial charge is 0.251 e. The van der Waals surface area contributed by atoms with Crippen LogP contribution in [0.4, 0.5) is 4.39 Å². The zero-order valence-corrected chi connectivity index (χ0v) is 18.3. The van der Waals surface area contributed by atoms with Gasteiger partial charge in [0.2, 0.25) is 0 Å². The summed E-state index contributed by atoms with van der Waals surface area (Å²) in [4.78, 5) is 17.1. The van der Waals surface area contributed by atoms with Crippen LogP contribution in [0.25, 0.3) is 11.0 Å². The number of carbonyl (C=O) groups excluding carboxylic acids is 1. The molecule has 0 aliphatic rings. The molecule has 33 heavy (non-hydrogen) atoms. The van der Waals surface area contributed by atoms with Gasteiger partial charge in [-0.3, -0.25) is 4.79 Å². The molecule has 0 atom stereocenters. The van der Waals surface area contributed by atoms with Gasteiger partial charge in [0.1, 0.15) is 24.0 Å². The molecular weight excluding hydrogens is 417 g/mol. The lowest BCUT2D eigenvalue weighted by molar-refractivity contribution is 0.0954. The average Bonchev–Trinajstić information content (AvgIpc) is 3.18. The van der Waals surface area contributed by atoms with E-state index in [1.54, 1.807) is 0 Å². The minimum absolute atomic E-state index is 0.236. The number of aromatic nitrogens is 2. The normalized spacial score (nSPS) is 10.8. The summed E-state index contributed by atoms with van der Waals surface area (Å²) in [6, 6.07) is 21.4. The standard InChI is InChI=1S/C27H26FN3O2/c1-2-7-20-8-3-6-11-25(20)33-19-18-31-24-10-5-4-9-23(24)30-26(31)16-17-29-27(32)21-12-14-22(28)15-13-21/h2-6,8-15H,1,7,16-19H2,(H,29,32). The molecule has 0 bridgehead atoms. The number of imidazole rings is 1. The number of carbonyl (C=O) groups is 1. The lowest BCUT2D eigenvalue weighted by Gasteiger charge is -2.13. The van der Waals surface area contributed by atoms with Crippen molar-refractivity contribution in [2.45, 2.75) is 19.4 Å². The number of benzene rings is 3. The molecule has 1 amide bonds. The summed E-state index contributed by atoms with van der Waals surface area (Å²) in [5.41, 5.74) is 3.47. The number of amides is 1. The molecular formula is C27H26FN3O2. The van der Waals surface area contributed by atoms with Crippen molar-refractivity contribution in [1.82, 2.24) is 14.9 Å². The van der Waals surface area contributed by atoms with E-state index in [9.17, 15) is 9.18 Å². The average molecular weight is 444 g/mol. The summed E-state index contributed by atoms with van der Waals surface area (Å²) in [6.45, 7) is 5.35. The second kappa shape index (κ2) is 10.6. The summed E-state index contributed by atoms with van der Waals surface area (Å²) < 4.78 is 21.3. The maximum Gasteiger partial charge on any atom is 0.251 e. The Hall–Kier alpha value is -3.93. The van der Waals surface area contributed by atoms with Crippen LogP contribution in [0.2, 0.25) is 0 Å². The number of halogens is 1. The van der Waals surface area contributed by atoms with Crippen molar-refractivity contribution in [2.24, 2.45) is 0 Å². The van der Waals surface area contributed by atoms with Crippen molar-refractivity contribution in [1.29, 1.82) is 0 Å². The van der Waals surface area contributed by atoms with Crippen LogP contribution >= 0.6 is 0 Å². The van der Waals surface area contributed by atoms with Crippen molar-refractivity contribution in [3.63, 3.8) is 0 Å². The van der Waals surface area contributed by atoms with E-state index in [0.29, 0.717) is 31.7 Å². The van der Waals surface area contributed by atoms with Gasteiger partial charge >= 0.3 is 0 Å². The Kier molecular flexibility index (Phi) is 7.15. The van der Waals surface area contributed by atoms with Crippen LogP contribution in [-0.2, 0) is 19.4 Å². The molecule has 0 saturated heterocycles. The van der Waals surface area contributed by atoms with E-state index in [0.717, 1.165) is 34.6 Å². The highest BCUT2D eigenvalue weighted by atomic mass is 19.1. The Morgan fingerprint density at radius 3 is 2.64 bits per heavy atom. The first-order chi connectivity index (χ1) is 16.2. The van der Waals surface area contributed by atoms with Gasteiger partial charge in [0.25, 0.3) is 5.91 Å². The number of rotatable bonds is 10. The van der Waals surface area contributed by atoms with Gasteiger partial charge in [-0.2, -0.15) is 0 Å². The second-order valence-corrected chi connectivity index (χ2v) is 7.63. The molecule has 0 radical (unpaired) electrons. The first-order valence-electron chi connectivity index (χ1n) is 10.9. The molecule has 0 unspecified atom stereocenters. The fourth-order valence-corrected chi connectivity index (χ4v) is 3.77. The van der Waals surface area contributed by atoms with Gasteiger partial charge in [-0.15, -0.1) is 6.58 Å². The fraction of sp³-hybridized carbons (Fsp3) is 0.185. The Labute approximate surface area is 192 Å². The van der Waals surface area contributed by atoms with Crippen molar-refractivity contribution in [3.05, 3.63) is 108 Å². The van der Waals surface area contributed by atoms with Crippen LogP contribution in [0.3, 0.4) is 0 Å². The first kappa shape index (κ1) is 22.3. The molecule has 0 saturated carbocycles. The maximum absolute atomic E-state index is 13.1. The van der Waals surface area contributed by atoms with Gasteiger partial charge < -0.3 is 14.6 Å². The number of nitrogens with zero attached hydrogens (tertiary/aromatic N) is 2. The number of hydrogen-bond donors (Lipinski definition) is 1. The van der Waals surface area contributed by atoms with Crippen LogP contribution in [0.15, 0.2) is 85.5 Å². The molecule has 1 N–H and O–H groups in total. The summed E-state index contributed by atoms with van der Waals surface area (Å²) in [5.74, 6) is 1.13. The molecule has 5 nitrogen and oxygen atoms in total. The zero-order valence-electron chi connectivity index (χ0n) is 18.3. The molecule has 1 aromatic heterocycles. The van der Waals surface area contributed by atoms with Gasteiger partial charge in [-0.25, -0.2) is 9.37 Å². The molecule has 0 fully saturated rings. The van der Waals surface area contributed by atoms with Crippen molar-refractivity contribution >= 4 is 16.9 Å². The molecule has 0 aliphatic heterocycles. The number of ether oxygens (including phenoxy) is 1. The van der Waals surface area contributed by atoms with Crippen LogP contribution in [-0.4, -0.2) is 28.6 Å². The number of fused-ring (bicyclic) bond motifs is 1. The lowest BCUT2D eigenvalue weighted by Crippen LogP contribution is -2.26. The number of hydrogen-bond acceptors (Lipinski definition) is 3. The van der Waals surface area contributed by atoms with E-state index < -0.39 is 0 Å². The van der Waals surface area contributed by atoms with E-state index in [-0.39, 0.29) is 11.7 Å². The number of nitrogens with one attached hydrogen (secondary N) is 1. The Bertz CT molecular complexity index is 1250. The first-order valence-corrected chi connectivity index (χ1v) is 10.9. The van der Waals surface area contributed by atoms with E-state index in [4.69, 9.17) is 9.72 Å². The van der Waals surface area contributed by atoms with Gasteiger partial charge in [0, 0.05) is 18.5 Å². The highest BCUT2D eigenvalue weighted by molar-refractivity contribution is 5.94. The fourth-order valence-electron chi connectivity index (χ4n) is 3.77. The van der Waals surface area contributed by atoms with Crippen LogP contribution < -0.4 is 10.1 Å². The quantitative estimate of drug-likeness (QED) is 0.353. The minimum atomic E-state index is -0.366. The van der Waals surface area contributed by atoms with Gasteiger partial charge in [0.05, 0.1) is 17.6 Å². The largest absolute Gasteiger partial charge is 0.491 e. The van der Waals surface area contributed by atoms with E-state index in [2.05, 4.69) is 16.5 Å². The summed E-state index contributed by atoms with van der Waals surface area (Å²) in [7, 11) is 0. The highest BCUT2D eigenvalue weighted by Crippen LogP contribution is 2.20. The molecule has 3 aromatic carbocycles. The second-order valence-electron chi connectivity index (χ2n) is 7.63. The van der Waals surface area contributed by atoms with Gasteiger partial charge in [-0.1, -0.05) is 36.4 Å². The Morgan fingerprint density at radius 2 is 1.82 bits per heavy atom. The van der Waals surface area contributed by atoms with Gasteiger partial charge in [-0.05, 0) is 54.4 Å². The SMILES string of the molecule is C=CCc1ccccc1OCCn1c(CCNC(=O)c2ccc(F)cc2)nc2ccccc21. The van der Waals surface area contributed by atoms with Crippen LogP contribution in [0.1, 0.15) is 21.7 Å². The third-order valence-electron chi connectivity index (χ3n) is 5.38. The summed E-state index contributed by atoms with van der Waals surface area (Å²) >= 11 is 0. The third-order valence-corrected chi connectivity index (χ3v) is 5.38. The molecule has 168 valence electrons. The molecule has 6 heteroatoms. The zero-order chi connectivity index (χ0) is 23.0. The molecule has 4 aromatic rings. The maximum atomic E-state index is 13.1. The number of para-hydroxylation sites is 3. The van der Waals surface area contributed by atoms with Crippen molar-refractivity contribution in [2.75, 3.05) is 13.2 Å². The third kappa shape index (κ3) is 5.47. The monoisotopic (exact) mass is 443 g/mol. The van der Waals surface area contributed by atoms with Gasteiger partial charge in [0.15, 0.2) is 0 Å². The summed E-state index contributed by atoms with van der Waals surface area (Å²) in [5, 5.41) is 2.89. The Balaban J connectivity index is 1.43. The van der Waals surface area contributed by atoms with Crippen LogP contribution in [0.5, 0.6) is 5.75 Å². The van der Waals surface area contributed by atoms with Crippen molar-refractivity contribution < 1.29 is 13.9 Å². The van der Waals surface area contributed by atoms with E-state index >= 15 is 0 Å². The predicted molar refractivity (Wildman–Crippen MR) is 128 cm³/mol. The molecule has 4 rings (SSSR count). The predicted octanol–water partition coefficient (Wildman–Crippen LogP) is 4.96. The Morgan fingerprint density at radius 1 is 1.06 bits per heavy atom. The number of allylic oxidation sites excluding steroid dienone is 1. The molecule has 1 heterocycles. The van der Waals surface area contributed by atoms with E-state index in [1.807, 2.05) is 54.6 Å². The van der Waals surface area contributed by atoms with E-state index in [1.165, 1.54) is 24.3 Å². The highest BCUT2D eigenvalue weighted by Gasteiger charge is 2.12. The van der Waals surface area contributed by atoms with Crippen molar-refractivity contribution in [3.8, 4) is 5.75 Å². The van der Waals surface area contributed by atoms with Crippen LogP contribution in [0, 0.1) is 5.82 Å². The minimum Gasteiger partial charge on any atom is -0.491 e. The lowest BCUT2D eigenvalue weighted by atomic mass is 10.1. The topological polar surface area (TPSA) is 56.1 Å². The molecule has 0 aliphatic carbocycles.